The minimum absolute atomic E-state index is 0.495. The lowest BCUT2D eigenvalue weighted by molar-refractivity contribution is 0.0170. The van der Waals surface area contributed by atoms with Crippen molar-refractivity contribution in [1.29, 1.82) is 0 Å². The van der Waals surface area contributed by atoms with Gasteiger partial charge in [-0.2, -0.15) is 0 Å². The van der Waals surface area contributed by atoms with E-state index in [0.717, 1.165) is 6.54 Å². The highest BCUT2D eigenvalue weighted by Crippen LogP contribution is 2.24. The molecule has 1 aliphatic carbocycles. The second-order valence-corrected chi connectivity index (χ2v) is 5.70. The Bertz CT molecular complexity index is 309. The molecule has 1 aliphatic rings. The minimum atomic E-state index is 0.495. The predicted molar refractivity (Wildman–Crippen MR) is 64.5 cm³/mol. The van der Waals surface area contributed by atoms with Gasteiger partial charge < -0.3 is 10.1 Å². The molecule has 2 rings (SSSR count). The third-order valence-electron chi connectivity index (χ3n) is 3.21. The van der Waals surface area contributed by atoms with Crippen LogP contribution in [-0.4, -0.2) is 19.3 Å². The van der Waals surface area contributed by atoms with Crippen molar-refractivity contribution in [3.05, 3.63) is 21.4 Å². The molecule has 1 aromatic heterocycles. The molecule has 1 fully saturated rings. The Balaban J connectivity index is 1.75. The van der Waals surface area contributed by atoms with Gasteiger partial charge in [-0.05, 0) is 38.3 Å². The molecule has 0 unspecified atom stereocenters. The van der Waals surface area contributed by atoms with Crippen molar-refractivity contribution < 1.29 is 4.74 Å². The molecular formula is C12H19NOS. The van der Waals surface area contributed by atoms with Crippen molar-refractivity contribution in [2.75, 3.05) is 7.11 Å². The van der Waals surface area contributed by atoms with E-state index in [4.69, 9.17) is 4.74 Å². The summed E-state index contributed by atoms with van der Waals surface area (Å²) in [5.74, 6) is 0. The van der Waals surface area contributed by atoms with Gasteiger partial charge in [0.05, 0.1) is 6.10 Å². The fourth-order valence-electron chi connectivity index (χ4n) is 1.91. The summed E-state index contributed by atoms with van der Waals surface area (Å²) < 4.78 is 5.25. The molecule has 15 heavy (non-hydrogen) atoms. The number of rotatable bonds is 4. The van der Waals surface area contributed by atoms with Gasteiger partial charge in [0.25, 0.3) is 0 Å². The van der Waals surface area contributed by atoms with Crippen molar-refractivity contribution >= 4 is 11.3 Å². The van der Waals surface area contributed by atoms with Crippen LogP contribution in [0.1, 0.15) is 28.2 Å². The van der Waals surface area contributed by atoms with Crippen molar-refractivity contribution in [1.82, 2.24) is 5.32 Å². The van der Waals surface area contributed by atoms with Crippen LogP contribution in [0.4, 0.5) is 0 Å². The molecule has 84 valence electrons. The van der Waals surface area contributed by atoms with Gasteiger partial charge in [0, 0.05) is 29.5 Å². The van der Waals surface area contributed by atoms with Crippen molar-refractivity contribution in [2.45, 2.75) is 45.4 Å². The van der Waals surface area contributed by atoms with E-state index >= 15 is 0 Å². The Hall–Kier alpha value is -0.380. The fourth-order valence-corrected chi connectivity index (χ4v) is 2.91. The number of hydrogen-bond donors (Lipinski definition) is 1. The van der Waals surface area contributed by atoms with Crippen LogP contribution >= 0.6 is 11.3 Å². The van der Waals surface area contributed by atoms with Crippen LogP contribution in [0.25, 0.3) is 0 Å². The van der Waals surface area contributed by atoms with Gasteiger partial charge in [0.2, 0.25) is 0 Å². The molecule has 0 aromatic carbocycles. The lowest BCUT2D eigenvalue weighted by Gasteiger charge is -2.34. The van der Waals surface area contributed by atoms with E-state index in [9.17, 15) is 0 Å². The van der Waals surface area contributed by atoms with Crippen LogP contribution in [0.5, 0.6) is 0 Å². The summed E-state index contributed by atoms with van der Waals surface area (Å²) in [6.45, 7) is 5.38. The maximum absolute atomic E-state index is 5.25. The number of nitrogens with one attached hydrogen (secondary N) is 1. The van der Waals surface area contributed by atoms with E-state index < -0.39 is 0 Å². The first-order valence-corrected chi connectivity index (χ1v) is 6.32. The van der Waals surface area contributed by atoms with Gasteiger partial charge in [0.15, 0.2) is 0 Å². The standard InChI is InChI=1S/C12H19NOS/c1-8-4-12(15-9(8)2)7-13-10-5-11(6-10)14-3/h4,10-11,13H,5-7H2,1-3H3. The predicted octanol–water partition coefficient (Wildman–Crippen LogP) is 2.63. The number of hydrogen-bond acceptors (Lipinski definition) is 3. The Morgan fingerprint density at radius 3 is 2.73 bits per heavy atom. The first kappa shape index (κ1) is 11.1. The maximum atomic E-state index is 5.25. The first-order chi connectivity index (χ1) is 7.19. The molecule has 3 heteroatoms. The van der Waals surface area contributed by atoms with Crippen LogP contribution in [0.3, 0.4) is 0 Å². The van der Waals surface area contributed by atoms with Gasteiger partial charge >= 0.3 is 0 Å². The Morgan fingerprint density at radius 1 is 1.47 bits per heavy atom. The van der Waals surface area contributed by atoms with E-state index in [1.807, 2.05) is 11.3 Å². The summed E-state index contributed by atoms with van der Waals surface area (Å²) in [6.07, 6.45) is 2.83. The third-order valence-corrected chi connectivity index (χ3v) is 4.36. The van der Waals surface area contributed by atoms with Crippen LogP contribution in [-0.2, 0) is 11.3 Å². The van der Waals surface area contributed by atoms with Crippen LogP contribution in [0.2, 0.25) is 0 Å². The first-order valence-electron chi connectivity index (χ1n) is 5.51. The molecule has 1 N–H and O–H groups in total. The topological polar surface area (TPSA) is 21.3 Å². The molecule has 0 spiro atoms. The van der Waals surface area contributed by atoms with Gasteiger partial charge in [-0.25, -0.2) is 0 Å². The van der Waals surface area contributed by atoms with Gasteiger partial charge in [-0.15, -0.1) is 11.3 Å². The van der Waals surface area contributed by atoms with E-state index in [1.54, 1.807) is 7.11 Å². The summed E-state index contributed by atoms with van der Waals surface area (Å²) in [5.41, 5.74) is 1.42. The monoisotopic (exact) mass is 225 g/mol. The minimum Gasteiger partial charge on any atom is -0.381 e. The zero-order valence-electron chi connectivity index (χ0n) is 9.67. The number of aryl methyl sites for hydroxylation is 2. The zero-order chi connectivity index (χ0) is 10.8. The molecule has 0 amide bonds. The van der Waals surface area contributed by atoms with E-state index in [-0.39, 0.29) is 0 Å². The Kier molecular flexibility index (Phi) is 3.44. The summed E-state index contributed by atoms with van der Waals surface area (Å²) in [6, 6.07) is 2.96. The molecule has 1 aromatic rings. The van der Waals surface area contributed by atoms with E-state index in [2.05, 4.69) is 25.2 Å². The highest BCUT2D eigenvalue weighted by Gasteiger charge is 2.28. The highest BCUT2D eigenvalue weighted by molar-refractivity contribution is 7.12. The number of thiophene rings is 1. The molecule has 0 aliphatic heterocycles. The highest BCUT2D eigenvalue weighted by atomic mass is 32.1. The SMILES string of the molecule is COC1CC(NCc2cc(C)c(C)s2)C1. The molecule has 0 atom stereocenters. The summed E-state index contributed by atoms with van der Waals surface area (Å²) in [4.78, 5) is 2.89. The van der Waals surface area contributed by atoms with Crippen molar-refractivity contribution in [3.63, 3.8) is 0 Å². The third kappa shape index (κ3) is 2.60. The Morgan fingerprint density at radius 2 is 2.20 bits per heavy atom. The normalized spacial score (nSPS) is 25.3. The molecule has 0 radical (unpaired) electrons. The van der Waals surface area contributed by atoms with Gasteiger partial charge in [-0.1, -0.05) is 0 Å². The Labute approximate surface area is 95.6 Å². The molecular weight excluding hydrogens is 206 g/mol. The molecule has 1 heterocycles. The van der Waals surface area contributed by atoms with Crippen molar-refractivity contribution in [2.24, 2.45) is 0 Å². The average Bonchev–Trinajstić information content (AvgIpc) is 2.44. The second-order valence-electron chi connectivity index (χ2n) is 4.36. The number of methoxy groups -OCH3 is 1. The zero-order valence-corrected chi connectivity index (χ0v) is 10.5. The molecule has 2 nitrogen and oxygen atoms in total. The smallest absolute Gasteiger partial charge is 0.0601 e. The van der Waals surface area contributed by atoms with Crippen LogP contribution < -0.4 is 5.32 Å². The lowest BCUT2D eigenvalue weighted by atomic mass is 9.89. The number of ether oxygens (including phenoxy) is 1. The summed E-state index contributed by atoms with van der Waals surface area (Å²) in [5, 5.41) is 3.57. The summed E-state index contributed by atoms with van der Waals surface area (Å²) >= 11 is 1.90. The maximum Gasteiger partial charge on any atom is 0.0601 e. The summed E-state index contributed by atoms with van der Waals surface area (Å²) in [7, 11) is 1.80. The molecule has 0 saturated heterocycles. The van der Waals surface area contributed by atoms with Crippen molar-refractivity contribution in [3.8, 4) is 0 Å². The molecule has 0 bridgehead atoms. The average molecular weight is 225 g/mol. The lowest BCUT2D eigenvalue weighted by Crippen LogP contribution is -2.44. The molecule has 1 saturated carbocycles. The quantitative estimate of drug-likeness (QED) is 0.850. The van der Waals surface area contributed by atoms with Gasteiger partial charge in [0.1, 0.15) is 0 Å². The van der Waals surface area contributed by atoms with E-state index in [1.165, 1.54) is 28.2 Å². The largest absolute Gasteiger partial charge is 0.381 e. The van der Waals surface area contributed by atoms with Crippen LogP contribution in [0, 0.1) is 13.8 Å². The fraction of sp³-hybridized carbons (Fsp3) is 0.667. The second kappa shape index (κ2) is 4.64. The van der Waals surface area contributed by atoms with Gasteiger partial charge in [-0.3, -0.25) is 0 Å². The van der Waals surface area contributed by atoms with Crippen LogP contribution in [0.15, 0.2) is 6.07 Å². The van der Waals surface area contributed by atoms with E-state index in [0.29, 0.717) is 12.1 Å².